The molecule has 0 saturated carbocycles. The second-order valence-electron chi connectivity index (χ2n) is 5.95. The molecule has 3 atom stereocenters. The van der Waals surface area contributed by atoms with Crippen LogP contribution >= 0.6 is 0 Å². The third kappa shape index (κ3) is 5.44. The fraction of sp³-hybridized carbons (Fsp3) is 0.438. The van der Waals surface area contributed by atoms with E-state index in [0.717, 1.165) is 10.5 Å². The fourth-order valence-corrected chi connectivity index (χ4v) is 2.65. The topological polar surface area (TPSA) is 123 Å². The van der Waals surface area contributed by atoms with Crippen LogP contribution in [0.15, 0.2) is 30.3 Å². The molecule has 1 fully saturated rings. The summed E-state index contributed by atoms with van der Waals surface area (Å²) < 4.78 is 18.9. The molecule has 26 heavy (non-hydrogen) atoms. The standard InChI is InChI=1S/C16H19BFN3O5/c18-12-9-21(15(22)6-7-19)10-13(12)26-16(23)20-14(17(24)25)8-11-4-2-1-3-5-11/h1-5,12-14,24-25H,6,8-10H2,(H,20,23)/t12-,13-,14-/m0/s1. The Hall–Kier alpha value is -2.64. The maximum atomic E-state index is 14.0. The van der Waals surface area contributed by atoms with Crippen molar-refractivity contribution in [2.45, 2.75) is 31.1 Å². The lowest BCUT2D eigenvalue weighted by Gasteiger charge is -2.20. The number of likely N-dealkylation sites (tertiary alicyclic amines) is 1. The average Bonchev–Trinajstić information content (AvgIpc) is 2.96. The molecule has 0 bridgehead atoms. The number of hydrogen-bond donors (Lipinski definition) is 3. The van der Waals surface area contributed by atoms with Crippen molar-refractivity contribution in [2.24, 2.45) is 0 Å². The van der Waals surface area contributed by atoms with E-state index in [1.165, 1.54) is 0 Å². The molecule has 2 amide bonds. The van der Waals surface area contributed by atoms with Crippen molar-refractivity contribution < 1.29 is 28.8 Å². The number of carbonyl (C=O) groups is 2. The van der Waals surface area contributed by atoms with Gasteiger partial charge in [0.05, 0.1) is 25.1 Å². The molecule has 1 heterocycles. The van der Waals surface area contributed by atoms with Gasteiger partial charge in [-0.05, 0) is 12.0 Å². The number of halogens is 1. The summed E-state index contributed by atoms with van der Waals surface area (Å²) in [6.07, 6.45) is -3.99. The Bertz CT molecular complexity index is 670. The van der Waals surface area contributed by atoms with Crippen LogP contribution in [0.25, 0.3) is 0 Å². The number of nitrogens with zero attached hydrogens (tertiary/aromatic N) is 2. The molecule has 0 unspecified atom stereocenters. The smallest absolute Gasteiger partial charge is 0.441 e. The minimum Gasteiger partial charge on any atom is -0.441 e. The van der Waals surface area contributed by atoms with E-state index in [-0.39, 0.29) is 25.9 Å². The molecule has 138 valence electrons. The van der Waals surface area contributed by atoms with Crippen LogP contribution in [0.4, 0.5) is 9.18 Å². The monoisotopic (exact) mass is 363 g/mol. The first kappa shape index (κ1) is 19.7. The van der Waals surface area contributed by atoms with E-state index in [4.69, 9.17) is 10.00 Å². The van der Waals surface area contributed by atoms with Crippen molar-refractivity contribution in [3.05, 3.63) is 35.9 Å². The van der Waals surface area contributed by atoms with E-state index in [9.17, 15) is 24.0 Å². The number of hydrogen-bond acceptors (Lipinski definition) is 6. The summed E-state index contributed by atoms with van der Waals surface area (Å²) in [6.45, 7) is -0.408. The van der Waals surface area contributed by atoms with Crippen LogP contribution in [-0.4, -0.2) is 65.4 Å². The van der Waals surface area contributed by atoms with Gasteiger partial charge in [-0.1, -0.05) is 30.3 Å². The van der Waals surface area contributed by atoms with Crippen LogP contribution in [-0.2, 0) is 16.0 Å². The average molecular weight is 363 g/mol. The molecule has 3 N–H and O–H groups in total. The van der Waals surface area contributed by atoms with Crippen LogP contribution in [0.5, 0.6) is 0 Å². The first-order valence-corrected chi connectivity index (χ1v) is 8.06. The Kier molecular flexibility index (Phi) is 6.94. The largest absolute Gasteiger partial charge is 0.475 e. The number of nitrogens with one attached hydrogen (secondary N) is 1. The van der Waals surface area contributed by atoms with Gasteiger partial charge in [0.2, 0.25) is 5.91 Å². The van der Waals surface area contributed by atoms with Gasteiger partial charge in [-0.2, -0.15) is 5.26 Å². The normalized spacial score (nSPS) is 20.2. The van der Waals surface area contributed by atoms with Crippen molar-refractivity contribution in [3.8, 4) is 6.07 Å². The van der Waals surface area contributed by atoms with E-state index in [1.54, 1.807) is 36.4 Å². The SMILES string of the molecule is N#CCC(=O)N1C[C@H](OC(=O)N[C@@H](Cc2ccccc2)B(O)O)[C@@H](F)C1. The molecular formula is C16H19BFN3O5. The number of nitriles is 1. The first-order chi connectivity index (χ1) is 12.4. The van der Waals surface area contributed by atoms with Gasteiger partial charge < -0.3 is 25.0 Å². The second-order valence-corrected chi connectivity index (χ2v) is 5.95. The molecule has 1 aliphatic rings. The summed E-state index contributed by atoms with van der Waals surface area (Å²) in [7, 11) is -1.83. The van der Waals surface area contributed by atoms with Crippen molar-refractivity contribution in [3.63, 3.8) is 0 Å². The van der Waals surface area contributed by atoms with Gasteiger partial charge in [0, 0.05) is 0 Å². The summed E-state index contributed by atoms with van der Waals surface area (Å²) in [5, 5.41) is 29.7. The van der Waals surface area contributed by atoms with E-state index >= 15 is 0 Å². The van der Waals surface area contributed by atoms with Crippen LogP contribution in [0.2, 0.25) is 0 Å². The third-order valence-corrected chi connectivity index (χ3v) is 4.00. The maximum absolute atomic E-state index is 14.0. The lowest BCUT2D eigenvalue weighted by atomic mass is 9.76. The molecule has 1 aliphatic heterocycles. The van der Waals surface area contributed by atoms with Crippen LogP contribution < -0.4 is 5.32 Å². The number of amides is 2. The van der Waals surface area contributed by atoms with Gasteiger partial charge in [0.15, 0.2) is 12.3 Å². The molecular weight excluding hydrogens is 344 g/mol. The predicted octanol–water partition coefficient (Wildman–Crippen LogP) is -0.202. The summed E-state index contributed by atoms with van der Waals surface area (Å²) in [6, 6.07) is 10.6. The second kappa shape index (κ2) is 9.17. The molecule has 0 aliphatic carbocycles. The Labute approximate surface area is 150 Å². The number of ether oxygens (including phenoxy) is 1. The first-order valence-electron chi connectivity index (χ1n) is 8.06. The maximum Gasteiger partial charge on any atom is 0.475 e. The molecule has 10 heteroatoms. The zero-order chi connectivity index (χ0) is 19.1. The van der Waals surface area contributed by atoms with E-state index in [2.05, 4.69) is 5.32 Å². The van der Waals surface area contributed by atoms with Crippen LogP contribution in [0.3, 0.4) is 0 Å². The number of benzene rings is 1. The lowest BCUT2D eigenvalue weighted by molar-refractivity contribution is -0.129. The van der Waals surface area contributed by atoms with Gasteiger partial charge in [-0.3, -0.25) is 4.79 Å². The molecule has 1 aromatic rings. The minimum atomic E-state index is -1.83. The summed E-state index contributed by atoms with van der Waals surface area (Å²) in [4.78, 5) is 24.7. The van der Waals surface area contributed by atoms with E-state index < -0.39 is 37.3 Å². The molecule has 0 radical (unpaired) electrons. The van der Waals surface area contributed by atoms with Crippen molar-refractivity contribution >= 4 is 19.1 Å². The third-order valence-electron chi connectivity index (χ3n) is 4.00. The zero-order valence-electron chi connectivity index (χ0n) is 13.9. The Morgan fingerprint density at radius 1 is 1.38 bits per heavy atom. The van der Waals surface area contributed by atoms with Gasteiger partial charge in [-0.25, -0.2) is 9.18 Å². The van der Waals surface area contributed by atoms with Crippen LogP contribution in [0.1, 0.15) is 12.0 Å². The summed E-state index contributed by atoms with van der Waals surface area (Å²) in [5.41, 5.74) is 0.767. The quantitative estimate of drug-likeness (QED) is 0.602. The highest BCUT2D eigenvalue weighted by atomic mass is 19.1. The fourth-order valence-electron chi connectivity index (χ4n) is 2.65. The Balaban J connectivity index is 1.90. The number of carbonyl (C=O) groups excluding carboxylic acids is 2. The highest BCUT2D eigenvalue weighted by Crippen LogP contribution is 2.18. The zero-order valence-corrected chi connectivity index (χ0v) is 13.9. The van der Waals surface area contributed by atoms with Crippen molar-refractivity contribution in [2.75, 3.05) is 13.1 Å². The van der Waals surface area contributed by atoms with E-state index in [1.807, 2.05) is 0 Å². The summed E-state index contributed by atoms with van der Waals surface area (Å²) >= 11 is 0. The van der Waals surface area contributed by atoms with Crippen molar-refractivity contribution in [1.82, 2.24) is 10.2 Å². The van der Waals surface area contributed by atoms with Gasteiger partial charge in [0.1, 0.15) is 6.42 Å². The number of alkyl halides is 1. The number of alkyl carbamates (subject to hydrolysis) is 1. The molecule has 1 saturated heterocycles. The Morgan fingerprint density at radius 2 is 2.08 bits per heavy atom. The van der Waals surface area contributed by atoms with Gasteiger partial charge in [0.25, 0.3) is 0 Å². The predicted molar refractivity (Wildman–Crippen MR) is 89.2 cm³/mol. The van der Waals surface area contributed by atoms with Crippen LogP contribution in [0, 0.1) is 11.3 Å². The van der Waals surface area contributed by atoms with Crippen molar-refractivity contribution in [1.29, 1.82) is 5.26 Å². The summed E-state index contributed by atoms with van der Waals surface area (Å²) in [5.74, 6) is -1.57. The molecule has 1 aromatic carbocycles. The number of rotatable bonds is 6. The molecule has 0 aromatic heterocycles. The minimum absolute atomic E-state index is 0.143. The lowest BCUT2D eigenvalue weighted by Crippen LogP contribution is -2.49. The highest BCUT2D eigenvalue weighted by molar-refractivity contribution is 6.43. The van der Waals surface area contributed by atoms with Gasteiger partial charge in [-0.15, -0.1) is 0 Å². The molecule has 2 rings (SSSR count). The van der Waals surface area contributed by atoms with E-state index in [0.29, 0.717) is 0 Å². The molecule has 0 spiro atoms. The Morgan fingerprint density at radius 3 is 2.69 bits per heavy atom. The van der Waals surface area contributed by atoms with Gasteiger partial charge >= 0.3 is 13.2 Å². The highest BCUT2D eigenvalue weighted by Gasteiger charge is 2.38. The molecule has 8 nitrogen and oxygen atoms in total.